The number of hydrogen-bond acceptors (Lipinski definition) is 5. The Balaban J connectivity index is 1.20. The number of nitrogens with zero attached hydrogens (tertiary/aromatic N) is 1. The lowest BCUT2D eigenvalue weighted by Crippen LogP contribution is -2.34. The van der Waals surface area contributed by atoms with Crippen molar-refractivity contribution in [2.75, 3.05) is 31.7 Å². The summed E-state index contributed by atoms with van der Waals surface area (Å²) < 4.78 is 11.0. The van der Waals surface area contributed by atoms with Crippen molar-refractivity contribution < 1.29 is 19.1 Å². The van der Waals surface area contributed by atoms with Crippen LogP contribution in [0.2, 0.25) is 0 Å². The molecule has 0 aliphatic carbocycles. The van der Waals surface area contributed by atoms with Crippen LogP contribution in [-0.2, 0) is 16.0 Å². The van der Waals surface area contributed by atoms with E-state index in [0.29, 0.717) is 25.4 Å². The van der Waals surface area contributed by atoms with E-state index in [-0.39, 0.29) is 18.7 Å². The first-order valence-corrected chi connectivity index (χ1v) is 12.2. The molecule has 0 saturated heterocycles. The number of nitrogens with one attached hydrogen (secondary N) is 2. The fraction of sp³-hybridized carbons (Fsp3) is 0.200. The Labute approximate surface area is 217 Å². The standard InChI is InChI=1S/C30H31N3O4/c1-23(34)37-22-33-18-7-8-24(21-33)20-31-30(35)32-27-13-15-28(16-14-27)36-19-17-26-11-5-6-12-29(26)25-9-3-2-4-10-25/h2-16,18H,17,19-22H2,1H3,(H2,31,32,35). The molecule has 1 aliphatic heterocycles. The van der Waals surface area contributed by atoms with Crippen molar-refractivity contribution in [2.24, 2.45) is 0 Å². The molecule has 7 nitrogen and oxygen atoms in total. The summed E-state index contributed by atoms with van der Waals surface area (Å²) in [5.74, 6) is 0.419. The van der Waals surface area contributed by atoms with E-state index in [0.717, 1.165) is 17.7 Å². The molecule has 0 atom stereocenters. The highest BCUT2D eigenvalue weighted by Gasteiger charge is 2.10. The first-order chi connectivity index (χ1) is 18.1. The van der Waals surface area contributed by atoms with Crippen LogP contribution in [0.15, 0.2) is 103 Å². The molecule has 1 aliphatic rings. The second-order valence-electron chi connectivity index (χ2n) is 8.63. The molecular formula is C30H31N3O4. The summed E-state index contributed by atoms with van der Waals surface area (Å²) in [6, 6.07) is 25.7. The normalized spacial score (nSPS) is 12.5. The predicted octanol–water partition coefficient (Wildman–Crippen LogP) is 5.37. The fourth-order valence-electron chi connectivity index (χ4n) is 3.96. The van der Waals surface area contributed by atoms with Crippen LogP contribution >= 0.6 is 0 Å². The van der Waals surface area contributed by atoms with E-state index in [4.69, 9.17) is 9.47 Å². The number of urea groups is 1. The van der Waals surface area contributed by atoms with Crippen LogP contribution in [0, 0.1) is 0 Å². The molecule has 7 heteroatoms. The maximum Gasteiger partial charge on any atom is 0.319 e. The molecule has 0 saturated carbocycles. The molecule has 2 amide bonds. The van der Waals surface area contributed by atoms with Gasteiger partial charge in [0.1, 0.15) is 5.75 Å². The van der Waals surface area contributed by atoms with Gasteiger partial charge in [0.15, 0.2) is 6.73 Å². The van der Waals surface area contributed by atoms with Gasteiger partial charge in [0.25, 0.3) is 0 Å². The summed E-state index contributed by atoms with van der Waals surface area (Å²) in [6.45, 7) is 3.07. The number of hydrogen-bond donors (Lipinski definition) is 2. The maximum absolute atomic E-state index is 12.3. The third-order valence-corrected chi connectivity index (χ3v) is 5.80. The van der Waals surface area contributed by atoms with E-state index in [2.05, 4.69) is 41.0 Å². The van der Waals surface area contributed by atoms with Gasteiger partial charge in [-0.05, 0) is 52.6 Å². The molecule has 37 heavy (non-hydrogen) atoms. The zero-order chi connectivity index (χ0) is 25.9. The first kappa shape index (κ1) is 25.6. The molecule has 0 spiro atoms. The number of rotatable bonds is 10. The quantitative estimate of drug-likeness (QED) is 0.368. The van der Waals surface area contributed by atoms with Gasteiger partial charge in [0, 0.05) is 38.3 Å². The van der Waals surface area contributed by atoms with Crippen LogP contribution in [0.3, 0.4) is 0 Å². The summed E-state index contributed by atoms with van der Waals surface area (Å²) >= 11 is 0. The lowest BCUT2D eigenvalue weighted by molar-refractivity contribution is -0.144. The SMILES string of the molecule is CC(=O)OCN1C=CC=C(CNC(=O)Nc2ccc(OCCc3ccccc3-c3ccccc3)cc2)C1. The second-order valence-corrected chi connectivity index (χ2v) is 8.63. The van der Waals surface area contributed by atoms with Gasteiger partial charge in [-0.25, -0.2) is 4.79 Å². The van der Waals surface area contributed by atoms with E-state index in [1.54, 1.807) is 0 Å². The van der Waals surface area contributed by atoms with Gasteiger partial charge in [0.05, 0.1) is 6.61 Å². The number of anilines is 1. The molecule has 0 unspecified atom stereocenters. The van der Waals surface area contributed by atoms with Gasteiger partial charge in [-0.2, -0.15) is 0 Å². The van der Waals surface area contributed by atoms with Crippen molar-refractivity contribution in [3.8, 4) is 16.9 Å². The third-order valence-electron chi connectivity index (χ3n) is 5.80. The monoisotopic (exact) mass is 497 g/mol. The highest BCUT2D eigenvalue weighted by atomic mass is 16.5. The average Bonchev–Trinajstić information content (AvgIpc) is 2.93. The van der Waals surface area contributed by atoms with Gasteiger partial charge in [-0.1, -0.05) is 60.7 Å². The Morgan fingerprint density at radius 3 is 2.49 bits per heavy atom. The summed E-state index contributed by atoms with van der Waals surface area (Å²) in [6.07, 6.45) is 6.44. The van der Waals surface area contributed by atoms with Crippen molar-refractivity contribution in [3.63, 3.8) is 0 Å². The molecule has 0 bridgehead atoms. The smallest absolute Gasteiger partial charge is 0.319 e. The van der Waals surface area contributed by atoms with Gasteiger partial charge >= 0.3 is 12.0 Å². The van der Waals surface area contributed by atoms with E-state index >= 15 is 0 Å². The maximum atomic E-state index is 12.3. The van der Waals surface area contributed by atoms with Gasteiger partial charge < -0.3 is 25.0 Å². The minimum atomic E-state index is -0.327. The number of ether oxygens (including phenoxy) is 2. The number of esters is 1. The number of carbonyl (C=O) groups excluding carboxylic acids is 2. The van der Waals surface area contributed by atoms with E-state index in [9.17, 15) is 9.59 Å². The molecule has 0 fully saturated rings. The zero-order valence-electron chi connectivity index (χ0n) is 20.9. The summed E-state index contributed by atoms with van der Waals surface area (Å²) in [7, 11) is 0. The van der Waals surface area contributed by atoms with Crippen LogP contribution in [-0.4, -0.2) is 43.3 Å². The molecule has 3 aromatic rings. The van der Waals surface area contributed by atoms with Crippen molar-refractivity contribution in [2.45, 2.75) is 13.3 Å². The molecule has 3 aromatic carbocycles. The fourth-order valence-corrected chi connectivity index (χ4v) is 3.96. The van der Waals surface area contributed by atoms with Gasteiger partial charge in [-0.3, -0.25) is 4.79 Å². The van der Waals surface area contributed by atoms with E-state index < -0.39 is 0 Å². The van der Waals surface area contributed by atoms with Crippen LogP contribution in [0.1, 0.15) is 12.5 Å². The highest BCUT2D eigenvalue weighted by molar-refractivity contribution is 5.89. The van der Waals surface area contributed by atoms with Crippen LogP contribution in [0.25, 0.3) is 11.1 Å². The summed E-state index contributed by atoms with van der Waals surface area (Å²) in [5.41, 5.74) is 5.33. The third kappa shape index (κ3) is 8.00. The summed E-state index contributed by atoms with van der Waals surface area (Å²) in [5, 5.41) is 5.69. The zero-order valence-corrected chi connectivity index (χ0v) is 20.9. The van der Waals surface area contributed by atoms with Crippen LogP contribution < -0.4 is 15.4 Å². The molecule has 1 heterocycles. The Bertz CT molecular complexity index is 1250. The number of carbonyl (C=O) groups is 2. The van der Waals surface area contributed by atoms with Crippen molar-refractivity contribution in [3.05, 3.63) is 108 Å². The van der Waals surface area contributed by atoms with Crippen molar-refractivity contribution >= 4 is 17.7 Å². The van der Waals surface area contributed by atoms with E-state index in [1.807, 2.05) is 71.8 Å². The highest BCUT2D eigenvalue weighted by Crippen LogP contribution is 2.24. The Morgan fingerprint density at radius 1 is 0.946 bits per heavy atom. The molecule has 4 rings (SSSR count). The lowest BCUT2D eigenvalue weighted by Gasteiger charge is -2.24. The second kappa shape index (κ2) is 13.0. The molecule has 2 N–H and O–H groups in total. The molecule has 0 radical (unpaired) electrons. The Morgan fingerprint density at radius 2 is 1.70 bits per heavy atom. The Kier molecular flexibility index (Phi) is 8.97. The minimum absolute atomic E-state index is 0.184. The number of allylic oxidation sites excluding steroid dienone is 2. The van der Waals surface area contributed by atoms with Crippen LogP contribution in [0.4, 0.5) is 10.5 Å². The lowest BCUT2D eigenvalue weighted by atomic mass is 9.98. The average molecular weight is 498 g/mol. The number of benzene rings is 3. The molecular weight excluding hydrogens is 466 g/mol. The first-order valence-electron chi connectivity index (χ1n) is 12.2. The number of amides is 2. The van der Waals surface area contributed by atoms with Gasteiger partial charge in [0.2, 0.25) is 0 Å². The topological polar surface area (TPSA) is 79.9 Å². The minimum Gasteiger partial charge on any atom is -0.493 e. The molecule has 190 valence electrons. The Hall–Kier alpha value is -4.52. The summed E-state index contributed by atoms with van der Waals surface area (Å²) in [4.78, 5) is 25.2. The van der Waals surface area contributed by atoms with Crippen molar-refractivity contribution in [1.29, 1.82) is 0 Å². The van der Waals surface area contributed by atoms with E-state index in [1.165, 1.54) is 23.6 Å². The molecule has 0 aromatic heterocycles. The largest absolute Gasteiger partial charge is 0.493 e. The van der Waals surface area contributed by atoms with Crippen LogP contribution in [0.5, 0.6) is 5.75 Å². The van der Waals surface area contributed by atoms with Gasteiger partial charge in [-0.15, -0.1) is 0 Å². The van der Waals surface area contributed by atoms with Crippen molar-refractivity contribution in [1.82, 2.24) is 10.2 Å². The predicted molar refractivity (Wildman–Crippen MR) is 145 cm³/mol.